The highest BCUT2D eigenvalue weighted by Crippen LogP contribution is 2.33. The summed E-state index contributed by atoms with van der Waals surface area (Å²) in [6.45, 7) is 0.794. The molecular formula is C11H16ClN3O2S. The molecule has 7 heteroatoms. The summed E-state index contributed by atoms with van der Waals surface area (Å²) in [5.74, 6) is 1.29. The van der Waals surface area contributed by atoms with Crippen LogP contribution in [0.1, 0.15) is 30.3 Å². The number of hydrogen-bond acceptors (Lipinski definition) is 4. The highest BCUT2D eigenvalue weighted by atomic mass is 35.5. The van der Waals surface area contributed by atoms with Crippen molar-refractivity contribution in [2.24, 2.45) is 5.73 Å². The van der Waals surface area contributed by atoms with Gasteiger partial charge in [-0.3, -0.25) is 0 Å². The minimum Gasteiger partial charge on any atom is -0.330 e. The monoisotopic (exact) mass is 289 g/mol. The first-order valence-electron chi connectivity index (χ1n) is 6.17. The Morgan fingerprint density at radius 2 is 2.17 bits per heavy atom. The van der Waals surface area contributed by atoms with Crippen molar-refractivity contribution in [2.75, 3.05) is 11.5 Å². The number of imidazole rings is 1. The van der Waals surface area contributed by atoms with E-state index < -0.39 is 9.84 Å². The molecule has 2 aliphatic heterocycles. The smallest absolute Gasteiger partial charge is 0.151 e. The summed E-state index contributed by atoms with van der Waals surface area (Å²) in [6, 6.07) is 0.131. The standard InChI is InChI=1S/C11H16ClN3O2S/c12-10-9-5-8(13)1-3-15(9)11(14-10)7-2-4-18(16,17)6-7/h7-8H,1-6,13H2. The van der Waals surface area contributed by atoms with E-state index in [0.717, 1.165) is 30.9 Å². The minimum atomic E-state index is -2.89. The lowest BCUT2D eigenvalue weighted by molar-refractivity contribution is 0.452. The van der Waals surface area contributed by atoms with Gasteiger partial charge in [-0.2, -0.15) is 0 Å². The van der Waals surface area contributed by atoms with Crippen LogP contribution in [-0.2, 0) is 22.8 Å². The molecule has 2 aliphatic rings. The highest BCUT2D eigenvalue weighted by Gasteiger charge is 2.34. The van der Waals surface area contributed by atoms with Gasteiger partial charge < -0.3 is 10.3 Å². The summed E-state index contributed by atoms with van der Waals surface area (Å²) >= 11 is 6.14. The van der Waals surface area contributed by atoms with Crippen LogP contribution >= 0.6 is 11.6 Å². The molecule has 0 bridgehead atoms. The molecule has 2 N–H and O–H groups in total. The lowest BCUT2D eigenvalue weighted by Gasteiger charge is -2.23. The molecule has 1 aromatic rings. The second kappa shape index (κ2) is 4.21. The van der Waals surface area contributed by atoms with Gasteiger partial charge in [0, 0.05) is 24.9 Å². The van der Waals surface area contributed by atoms with Crippen molar-refractivity contribution >= 4 is 21.4 Å². The fourth-order valence-electron chi connectivity index (χ4n) is 2.87. The highest BCUT2D eigenvalue weighted by molar-refractivity contribution is 7.91. The van der Waals surface area contributed by atoms with Crippen molar-refractivity contribution < 1.29 is 8.42 Å². The predicted octanol–water partition coefficient (Wildman–Crippen LogP) is 0.712. The van der Waals surface area contributed by atoms with E-state index in [-0.39, 0.29) is 23.5 Å². The second-order valence-electron chi connectivity index (χ2n) is 5.21. The number of rotatable bonds is 1. The summed E-state index contributed by atoms with van der Waals surface area (Å²) < 4.78 is 25.2. The fraction of sp³-hybridized carbons (Fsp3) is 0.727. The number of aromatic nitrogens is 2. The molecule has 2 unspecified atom stereocenters. The quantitative estimate of drug-likeness (QED) is 0.826. The molecule has 0 aromatic carbocycles. The van der Waals surface area contributed by atoms with Crippen LogP contribution in [0.2, 0.25) is 5.15 Å². The molecule has 3 rings (SSSR count). The number of sulfone groups is 1. The Kier molecular flexibility index (Phi) is 2.91. The van der Waals surface area contributed by atoms with Crippen molar-refractivity contribution in [3.05, 3.63) is 16.7 Å². The fourth-order valence-corrected chi connectivity index (χ4v) is 4.88. The molecule has 1 saturated heterocycles. The predicted molar refractivity (Wildman–Crippen MR) is 69.5 cm³/mol. The number of hydrogen-bond donors (Lipinski definition) is 1. The second-order valence-corrected chi connectivity index (χ2v) is 7.80. The zero-order valence-corrected chi connectivity index (χ0v) is 11.5. The summed E-state index contributed by atoms with van der Waals surface area (Å²) in [4.78, 5) is 4.38. The van der Waals surface area contributed by atoms with E-state index in [0.29, 0.717) is 11.6 Å². The van der Waals surface area contributed by atoms with Gasteiger partial charge in [0.15, 0.2) is 15.0 Å². The van der Waals surface area contributed by atoms with Gasteiger partial charge in [0.2, 0.25) is 0 Å². The number of fused-ring (bicyclic) bond motifs is 1. The maximum absolute atomic E-state index is 11.6. The Morgan fingerprint density at radius 3 is 2.83 bits per heavy atom. The van der Waals surface area contributed by atoms with Gasteiger partial charge in [0.25, 0.3) is 0 Å². The Labute approximate surface area is 111 Å². The maximum atomic E-state index is 11.6. The Morgan fingerprint density at radius 1 is 1.39 bits per heavy atom. The Balaban J connectivity index is 1.97. The third-order valence-electron chi connectivity index (χ3n) is 3.83. The molecule has 1 aromatic heterocycles. The van der Waals surface area contributed by atoms with Gasteiger partial charge in [-0.25, -0.2) is 13.4 Å². The van der Waals surface area contributed by atoms with Gasteiger partial charge in [-0.15, -0.1) is 0 Å². The van der Waals surface area contributed by atoms with E-state index >= 15 is 0 Å². The van der Waals surface area contributed by atoms with Crippen molar-refractivity contribution in [1.29, 1.82) is 0 Å². The van der Waals surface area contributed by atoms with Gasteiger partial charge in [-0.05, 0) is 12.8 Å². The molecule has 5 nitrogen and oxygen atoms in total. The molecule has 3 heterocycles. The molecule has 18 heavy (non-hydrogen) atoms. The SMILES string of the molecule is NC1CCn2c(C3CCS(=O)(=O)C3)nc(Cl)c2C1. The number of halogens is 1. The molecule has 0 aliphatic carbocycles. The van der Waals surface area contributed by atoms with Gasteiger partial charge in [0.1, 0.15) is 5.82 Å². The third-order valence-corrected chi connectivity index (χ3v) is 5.90. The lowest BCUT2D eigenvalue weighted by atomic mass is 10.0. The van der Waals surface area contributed by atoms with E-state index in [2.05, 4.69) is 9.55 Å². The largest absolute Gasteiger partial charge is 0.330 e. The zero-order chi connectivity index (χ0) is 12.9. The van der Waals surface area contributed by atoms with E-state index in [1.54, 1.807) is 0 Å². The van der Waals surface area contributed by atoms with Gasteiger partial charge >= 0.3 is 0 Å². The molecule has 0 radical (unpaired) electrons. The molecular weight excluding hydrogens is 274 g/mol. The summed E-state index contributed by atoms with van der Waals surface area (Å²) in [5, 5.41) is 0.490. The maximum Gasteiger partial charge on any atom is 0.151 e. The van der Waals surface area contributed by atoms with Crippen LogP contribution in [0.3, 0.4) is 0 Å². The number of nitrogens with zero attached hydrogens (tertiary/aromatic N) is 2. The average Bonchev–Trinajstić information content (AvgIpc) is 2.80. The average molecular weight is 290 g/mol. The Hall–Kier alpha value is -0.590. The lowest BCUT2D eigenvalue weighted by Crippen LogP contribution is -2.31. The normalized spacial score (nSPS) is 30.3. The van der Waals surface area contributed by atoms with E-state index in [1.165, 1.54) is 0 Å². The van der Waals surface area contributed by atoms with Crippen LogP contribution in [0.25, 0.3) is 0 Å². The van der Waals surface area contributed by atoms with Crippen LogP contribution in [0.4, 0.5) is 0 Å². The summed E-state index contributed by atoms with van der Waals surface area (Å²) in [7, 11) is -2.89. The summed E-state index contributed by atoms with van der Waals surface area (Å²) in [6.07, 6.45) is 2.28. The molecule has 100 valence electrons. The van der Waals surface area contributed by atoms with Crippen LogP contribution in [0.5, 0.6) is 0 Å². The van der Waals surface area contributed by atoms with Crippen molar-refractivity contribution in [2.45, 2.75) is 37.8 Å². The van der Waals surface area contributed by atoms with E-state index in [4.69, 9.17) is 17.3 Å². The van der Waals surface area contributed by atoms with Gasteiger partial charge in [0.05, 0.1) is 17.2 Å². The van der Waals surface area contributed by atoms with Gasteiger partial charge in [-0.1, -0.05) is 11.6 Å². The molecule has 1 fully saturated rings. The molecule has 0 spiro atoms. The first kappa shape index (κ1) is 12.4. The van der Waals surface area contributed by atoms with Crippen molar-refractivity contribution in [3.63, 3.8) is 0 Å². The zero-order valence-electron chi connectivity index (χ0n) is 9.97. The van der Waals surface area contributed by atoms with Crippen LogP contribution in [0.15, 0.2) is 0 Å². The molecule has 0 amide bonds. The topological polar surface area (TPSA) is 78.0 Å². The van der Waals surface area contributed by atoms with Crippen molar-refractivity contribution in [1.82, 2.24) is 9.55 Å². The van der Waals surface area contributed by atoms with Crippen LogP contribution in [-0.4, -0.2) is 35.5 Å². The first-order valence-corrected chi connectivity index (χ1v) is 8.37. The van der Waals surface area contributed by atoms with Crippen molar-refractivity contribution in [3.8, 4) is 0 Å². The molecule has 2 atom stereocenters. The van der Waals surface area contributed by atoms with Crippen LogP contribution in [0, 0.1) is 0 Å². The van der Waals surface area contributed by atoms with E-state index in [1.807, 2.05) is 0 Å². The van der Waals surface area contributed by atoms with E-state index in [9.17, 15) is 8.42 Å². The molecule has 0 saturated carbocycles. The third kappa shape index (κ3) is 2.06. The summed E-state index contributed by atoms with van der Waals surface area (Å²) in [5.41, 5.74) is 6.90. The Bertz CT molecular complexity index is 581. The van der Waals surface area contributed by atoms with Crippen LogP contribution < -0.4 is 5.73 Å². The minimum absolute atomic E-state index is 0.00410. The number of nitrogens with two attached hydrogens (primary N) is 1. The first-order chi connectivity index (χ1) is 8.46.